The summed E-state index contributed by atoms with van der Waals surface area (Å²) < 4.78 is 134. The molecule has 0 heterocycles. The molecule has 0 aliphatic rings. The third kappa shape index (κ3) is 50.8. The van der Waals surface area contributed by atoms with E-state index in [1.54, 1.807) is 162 Å². The first-order valence-corrected chi connectivity index (χ1v) is 46.9. The lowest BCUT2D eigenvalue weighted by atomic mass is 9.88. The van der Waals surface area contributed by atoms with Crippen LogP contribution in [-0.2, 0) is 119 Å². The van der Waals surface area contributed by atoms with Gasteiger partial charge in [-0.15, -0.1) is 0 Å². The third-order valence-corrected chi connectivity index (χ3v) is 21.3. The second kappa shape index (κ2) is 68.8. The minimum atomic E-state index is -0.991. The van der Waals surface area contributed by atoms with E-state index < -0.39 is 96.4 Å². The number of hydrogen-bond acceptors (Lipinski definition) is 29. The van der Waals surface area contributed by atoms with E-state index in [1.165, 1.54) is 24.3 Å². The molecule has 15 unspecified atom stereocenters. The molecule has 0 bridgehead atoms. The van der Waals surface area contributed by atoms with Gasteiger partial charge in [0.25, 0.3) is 0 Å². The van der Waals surface area contributed by atoms with Crippen LogP contribution in [0.1, 0.15) is 203 Å². The van der Waals surface area contributed by atoms with Crippen molar-refractivity contribution in [3.63, 3.8) is 0 Å². The van der Waals surface area contributed by atoms with Gasteiger partial charge in [0.1, 0.15) is 90.1 Å². The highest BCUT2D eigenvalue weighted by Crippen LogP contribution is 2.28. The Hall–Kier alpha value is -9.11. The first-order chi connectivity index (χ1) is 63.6. The van der Waals surface area contributed by atoms with Crippen LogP contribution in [-0.4, -0.2) is 256 Å². The Morgan fingerprint density at radius 2 is 0.485 bits per heavy atom. The lowest BCUT2D eigenvalue weighted by Crippen LogP contribution is -2.41. The predicted molar refractivity (Wildman–Crippen MR) is 504 cm³/mol. The first-order valence-electron chi connectivity index (χ1n) is 46.9. The van der Waals surface area contributed by atoms with Gasteiger partial charge in [-0.05, 0) is 189 Å². The predicted octanol–water partition coefficient (Wildman–Crippen LogP) is 17.1. The van der Waals surface area contributed by atoms with Crippen molar-refractivity contribution in [2.45, 2.75) is 248 Å². The highest BCUT2D eigenvalue weighted by atomic mass is 16.6. The molecule has 29 heteroatoms. The average Bonchev–Trinajstić information content (AvgIpc) is 0.863. The number of benzene rings is 4. The monoisotopic (exact) mass is 1860 g/mol. The van der Waals surface area contributed by atoms with Gasteiger partial charge in [-0.25, -0.2) is 19.2 Å². The van der Waals surface area contributed by atoms with Crippen molar-refractivity contribution in [2.75, 3.05) is 147 Å². The van der Waals surface area contributed by atoms with Crippen LogP contribution in [0.3, 0.4) is 0 Å². The minimum Gasteiger partial charge on any atom is -0.497 e. The van der Waals surface area contributed by atoms with E-state index >= 15 is 0 Å². The smallest absolute Gasteiger partial charge is 0.331 e. The van der Waals surface area contributed by atoms with Gasteiger partial charge in [0.15, 0.2) is 0 Å². The normalized spacial score (nSPS) is 15.4. The van der Waals surface area contributed by atoms with E-state index in [2.05, 4.69) is 20.8 Å². The Bertz CT molecular complexity index is 3910. The van der Waals surface area contributed by atoms with Crippen LogP contribution in [0.25, 0.3) is 24.3 Å². The summed E-state index contributed by atoms with van der Waals surface area (Å²) in [4.78, 5) is 93.2. The van der Waals surface area contributed by atoms with Crippen molar-refractivity contribution in [3.8, 4) is 23.0 Å². The largest absolute Gasteiger partial charge is 0.497 e. The molecule has 0 aromatic heterocycles. The number of esters is 7. The fraction of sp³-hybridized carbons (Fsp3) is 0.621. The van der Waals surface area contributed by atoms with Gasteiger partial charge >= 0.3 is 41.8 Å². The second-order valence-corrected chi connectivity index (χ2v) is 33.3. The molecule has 0 saturated carbocycles. The Balaban J connectivity index is 1.76. The van der Waals surface area contributed by atoms with Gasteiger partial charge in [-0.2, -0.15) is 0 Å². The van der Waals surface area contributed by atoms with E-state index in [1.807, 2.05) is 64.1 Å². The molecule has 0 aliphatic heterocycles. The molecule has 29 nitrogen and oxygen atoms in total. The molecule has 4 rings (SSSR count). The summed E-state index contributed by atoms with van der Waals surface area (Å²) in [6.45, 7) is 25.3. The van der Waals surface area contributed by atoms with E-state index in [-0.39, 0.29) is 155 Å². The van der Waals surface area contributed by atoms with Crippen LogP contribution in [0.15, 0.2) is 121 Å². The number of ether oxygens (including phenoxy) is 22. The minimum absolute atomic E-state index is 0.00149. The van der Waals surface area contributed by atoms with Crippen LogP contribution in [0.5, 0.6) is 23.0 Å². The van der Waals surface area contributed by atoms with Gasteiger partial charge < -0.3 is 104 Å². The third-order valence-electron chi connectivity index (χ3n) is 21.3. The Kier molecular flexibility index (Phi) is 60.1. The molecule has 4 aromatic rings. The van der Waals surface area contributed by atoms with Crippen molar-refractivity contribution in [2.24, 2.45) is 23.2 Å². The van der Waals surface area contributed by atoms with E-state index in [9.17, 15) is 33.6 Å². The second-order valence-electron chi connectivity index (χ2n) is 33.3. The maximum absolute atomic E-state index is 13.5. The van der Waals surface area contributed by atoms with Crippen molar-refractivity contribution in [1.29, 1.82) is 0 Å². The number of carbonyl (C=O) groups is 7. The highest BCUT2D eigenvalue weighted by Gasteiger charge is 2.34. The SMILES string of the molecule is CCCCC(CC)C(=O)OC(C)COCC(COCC(CC)(COCC(COCC(C)OC(=O)/C=C/c1ccc(OC)cc1)OCC(C)OC(=O)C(CC)CCCC)COCC(COCC(C)OC(=O)C(CC)CCCC)OCC(COCC(C)OC(=O)/C=C/c1ccc(OC)cc1)OCC(C)OC(=O)/C=C/c1ccc(OC)cc1)OCC(C)OC(=O)/C=C/c1ccc(OC)cc1. The number of methoxy groups -OCH3 is 4. The number of unbranched alkanes of at least 4 members (excludes halogenated alkanes) is 3. The Morgan fingerprint density at radius 3 is 0.712 bits per heavy atom. The molecule has 132 heavy (non-hydrogen) atoms. The van der Waals surface area contributed by atoms with Crippen molar-refractivity contribution >= 4 is 66.1 Å². The molecule has 0 spiro atoms. The summed E-state index contributed by atoms with van der Waals surface area (Å²) in [5.41, 5.74) is 2.04. The van der Waals surface area contributed by atoms with Crippen molar-refractivity contribution < 1.29 is 138 Å². The highest BCUT2D eigenvalue weighted by molar-refractivity contribution is 5.89. The molecule has 4 aromatic carbocycles. The lowest BCUT2D eigenvalue weighted by Gasteiger charge is -2.34. The summed E-state index contributed by atoms with van der Waals surface area (Å²) >= 11 is 0. The maximum atomic E-state index is 13.5. The number of rotatable bonds is 75. The van der Waals surface area contributed by atoms with E-state index in [4.69, 9.17) is 104 Å². The van der Waals surface area contributed by atoms with Crippen molar-refractivity contribution in [3.05, 3.63) is 144 Å². The van der Waals surface area contributed by atoms with Gasteiger partial charge in [0.05, 0.1) is 165 Å². The summed E-state index contributed by atoms with van der Waals surface area (Å²) in [5, 5.41) is 0. The molecule has 0 N–H and O–H groups in total. The summed E-state index contributed by atoms with van der Waals surface area (Å²) in [6, 6.07) is 28.7. The maximum Gasteiger partial charge on any atom is 0.331 e. The molecule has 740 valence electrons. The fourth-order valence-electron chi connectivity index (χ4n) is 13.2. The fourth-order valence-corrected chi connectivity index (χ4v) is 13.2. The Morgan fingerprint density at radius 1 is 0.273 bits per heavy atom. The zero-order valence-electron chi connectivity index (χ0n) is 81.7. The summed E-state index contributed by atoms with van der Waals surface area (Å²) in [5.74, 6) is -1.41. The standard InChI is InChI=1S/C103H154O29/c1-19-26-29-85(22-4)100(108)130-76(10)58-117-64-92(122-60-78(12)128-98(106)54-42-83-36-48-90(113-17)49-37-83)67-119-71-103(25-7,72-120-68-93(123-62-80(14)132-102(110)87(24-6)31-28-21-3)63-115-56-74(8)126-96(104)52-40-81-32-44-88(111-15)45-33-81)73-121-69-94(65-118-59-77(11)131-101(109)86(23-5)30-27-20-2)125-70-95(124-61-79(13)129-99(107)55-43-84-38-50-91(114-18)51-39-84)66-116-57-75(9)127-97(105)53-41-82-34-46-89(112-16)47-35-82/h32-55,74-80,85-87,92-95H,19-31,56-73H2,1-18H3/b52-40+,53-41+,54-42+,55-43+. The van der Waals surface area contributed by atoms with Gasteiger partial charge in [0, 0.05) is 29.7 Å². The van der Waals surface area contributed by atoms with Crippen LogP contribution >= 0.6 is 0 Å². The molecule has 0 fully saturated rings. The molecule has 0 radical (unpaired) electrons. The number of hydrogen-bond donors (Lipinski definition) is 0. The molecular weight excluding hydrogens is 1700 g/mol. The van der Waals surface area contributed by atoms with Crippen LogP contribution in [0.4, 0.5) is 0 Å². The van der Waals surface area contributed by atoms with Crippen LogP contribution < -0.4 is 18.9 Å². The van der Waals surface area contributed by atoms with E-state index in [0.29, 0.717) is 67.9 Å². The van der Waals surface area contributed by atoms with Gasteiger partial charge in [-0.3, -0.25) is 14.4 Å². The van der Waals surface area contributed by atoms with E-state index in [0.717, 1.165) is 60.8 Å². The molecular formula is C103H154O29. The lowest BCUT2D eigenvalue weighted by molar-refractivity contribution is -0.164. The number of carbonyl (C=O) groups excluding carboxylic acids is 7. The average molecular weight is 1860 g/mol. The molecule has 0 aliphatic carbocycles. The first kappa shape index (κ1) is 115. The van der Waals surface area contributed by atoms with Crippen LogP contribution in [0.2, 0.25) is 0 Å². The zero-order chi connectivity index (χ0) is 96.7. The summed E-state index contributed by atoms with van der Waals surface area (Å²) in [6.07, 6.45) is 13.5. The van der Waals surface area contributed by atoms with Gasteiger partial charge in [-0.1, -0.05) is 136 Å². The molecule has 0 amide bonds. The van der Waals surface area contributed by atoms with Crippen LogP contribution in [0, 0.1) is 23.2 Å². The Labute approximate surface area is 784 Å². The molecule has 15 atom stereocenters. The summed E-state index contributed by atoms with van der Waals surface area (Å²) in [7, 11) is 6.29. The molecule has 0 saturated heterocycles. The van der Waals surface area contributed by atoms with Gasteiger partial charge in [0.2, 0.25) is 0 Å². The quantitative estimate of drug-likeness (QED) is 0.0225. The topological polar surface area (TPSA) is 323 Å². The zero-order valence-corrected chi connectivity index (χ0v) is 81.7. The van der Waals surface area contributed by atoms with Crippen molar-refractivity contribution in [1.82, 2.24) is 0 Å².